The SMILES string of the molecule is Cc1ccc(C2CC(=O)C2C)s1. The van der Waals surface area contributed by atoms with E-state index in [-0.39, 0.29) is 5.92 Å². The van der Waals surface area contributed by atoms with Gasteiger partial charge in [-0.15, -0.1) is 11.3 Å². The third-order valence-corrected chi connectivity index (χ3v) is 3.79. The molecule has 0 aromatic carbocycles. The first-order chi connectivity index (χ1) is 5.68. The topological polar surface area (TPSA) is 17.1 Å². The molecule has 0 radical (unpaired) electrons. The predicted molar refractivity (Wildman–Crippen MR) is 50.6 cm³/mol. The van der Waals surface area contributed by atoms with Crippen LogP contribution in [0.15, 0.2) is 12.1 Å². The van der Waals surface area contributed by atoms with Crippen LogP contribution in [-0.2, 0) is 4.79 Å². The summed E-state index contributed by atoms with van der Waals surface area (Å²) in [5, 5.41) is 0. The monoisotopic (exact) mass is 180 g/mol. The van der Waals surface area contributed by atoms with E-state index in [0.29, 0.717) is 11.7 Å². The minimum Gasteiger partial charge on any atom is -0.299 e. The van der Waals surface area contributed by atoms with Crippen LogP contribution in [0.5, 0.6) is 0 Å². The van der Waals surface area contributed by atoms with Crippen molar-refractivity contribution in [3.05, 3.63) is 21.9 Å². The Hall–Kier alpha value is -0.630. The van der Waals surface area contributed by atoms with Gasteiger partial charge in [0, 0.05) is 28.0 Å². The van der Waals surface area contributed by atoms with Crippen molar-refractivity contribution in [2.24, 2.45) is 5.92 Å². The molecule has 1 aromatic heterocycles. The smallest absolute Gasteiger partial charge is 0.137 e. The standard InChI is InChI=1S/C10H12OS/c1-6-3-4-10(12-6)8-5-9(11)7(8)2/h3-4,7-8H,5H2,1-2H3. The number of Topliss-reactive ketones (excluding diaryl/α,β-unsaturated/α-hetero) is 1. The van der Waals surface area contributed by atoms with Gasteiger partial charge in [0.25, 0.3) is 0 Å². The lowest BCUT2D eigenvalue weighted by Crippen LogP contribution is -2.32. The minimum atomic E-state index is 0.267. The average Bonchev–Trinajstić information content (AvgIpc) is 2.46. The number of carbonyl (C=O) groups excluding carboxylic acids is 1. The van der Waals surface area contributed by atoms with E-state index >= 15 is 0 Å². The third-order valence-electron chi connectivity index (χ3n) is 2.66. The van der Waals surface area contributed by atoms with Crippen molar-refractivity contribution in [3.8, 4) is 0 Å². The molecular formula is C10H12OS. The third kappa shape index (κ3) is 1.11. The van der Waals surface area contributed by atoms with E-state index in [2.05, 4.69) is 19.1 Å². The molecule has 1 aliphatic carbocycles. The zero-order chi connectivity index (χ0) is 8.72. The van der Waals surface area contributed by atoms with Gasteiger partial charge in [-0.2, -0.15) is 0 Å². The van der Waals surface area contributed by atoms with Crippen molar-refractivity contribution in [2.75, 3.05) is 0 Å². The van der Waals surface area contributed by atoms with Crippen molar-refractivity contribution in [1.29, 1.82) is 0 Å². The molecule has 2 rings (SSSR count). The summed E-state index contributed by atoms with van der Waals surface area (Å²) in [6.45, 7) is 4.14. The fraction of sp³-hybridized carbons (Fsp3) is 0.500. The van der Waals surface area contributed by atoms with E-state index in [4.69, 9.17) is 0 Å². The van der Waals surface area contributed by atoms with E-state index in [1.165, 1.54) is 9.75 Å². The first kappa shape index (κ1) is 7.99. The average molecular weight is 180 g/mol. The summed E-state index contributed by atoms with van der Waals surface area (Å²) < 4.78 is 0. The van der Waals surface area contributed by atoms with Gasteiger partial charge >= 0.3 is 0 Å². The number of ketones is 1. The maximum atomic E-state index is 11.0. The number of aryl methyl sites for hydroxylation is 1. The molecule has 0 N–H and O–H groups in total. The molecule has 1 fully saturated rings. The minimum absolute atomic E-state index is 0.267. The van der Waals surface area contributed by atoms with Gasteiger partial charge in [-0.1, -0.05) is 6.92 Å². The number of hydrogen-bond acceptors (Lipinski definition) is 2. The summed E-state index contributed by atoms with van der Waals surface area (Å²) in [6, 6.07) is 4.29. The predicted octanol–water partition coefficient (Wildman–Crippen LogP) is 2.75. The first-order valence-electron chi connectivity index (χ1n) is 4.27. The van der Waals surface area contributed by atoms with Gasteiger partial charge in [0.1, 0.15) is 5.78 Å². The lowest BCUT2D eigenvalue weighted by molar-refractivity contribution is -0.129. The molecule has 0 aliphatic heterocycles. The zero-order valence-corrected chi connectivity index (χ0v) is 8.15. The Morgan fingerprint density at radius 2 is 2.25 bits per heavy atom. The van der Waals surface area contributed by atoms with Crippen LogP contribution in [0.1, 0.15) is 29.0 Å². The summed E-state index contributed by atoms with van der Waals surface area (Å²) in [4.78, 5) is 13.8. The van der Waals surface area contributed by atoms with E-state index in [0.717, 1.165) is 6.42 Å². The van der Waals surface area contributed by atoms with Crippen LogP contribution >= 0.6 is 11.3 Å². The molecule has 2 unspecified atom stereocenters. The van der Waals surface area contributed by atoms with Crippen LogP contribution in [0.25, 0.3) is 0 Å². The molecule has 64 valence electrons. The summed E-state index contributed by atoms with van der Waals surface area (Å²) >= 11 is 1.83. The van der Waals surface area contributed by atoms with Crippen molar-refractivity contribution in [2.45, 2.75) is 26.2 Å². The Morgan fingerprint density at radius 1 is 1.50 bits per heavy atom. The largest absolute Gasteiger partial charge is 0.299 e. The Labute approximate surface area is 76.4 Å². The van der Waals surface area contributed by atoms with E-state index < -0.39 is 0 Å². The van der Waals surface area contributed by atoms with Gasteiger partial charge in [-0.3, -0.25) is 4.79 Å². The summed E-state index contributed by atoms with van der Waals surface area (Å²) in [7, 11) is 0. The van der Waals surface area contributed by atoms with Gasteiger partial charge < -0.3 is 0 Å². The van der Waals surface area contributed by atoms with Gasteiger partial charge in [0.05, 0.1) is 0 Å². The molecule has 2 heteroatoms. The number of thiophene rings is 1. The maximum absolute atomic E-state index is 11.0. The normalized spacial score (nSPS) is 28.7. The molecule has 2 atom stereocenters. The molecule has 1 saturated carbocycles. The van der Waals surface area contributed by atoms with Gasteiger partial charge in [-0.05, 0) is 19.1 Å². The Bertz CT molecular complexity index is 313. The fourth-order valence-corrected chi connectivity index (χ4v) is 2.73. The molecule has 1 nitrogen and oxygen atoms in total. The van der Waals surface area contributed by atoms with Crippen LogP contribution < -0.4 is 0 Å². The molecule has 0 bridgehead atoms. The maximum Gasteiger partial charge on any atom is 0.137 e. The zero-order valence-electron chi connectivity index (χ0n) is 7.33. The second-order valence-electron chi connectivity index (χ2n) is 3.51. The number of rotatable bonds is 1. The first-order valence-corrected chi connectivity index (χ1v) is 5.09. The van der Waals surface area contributed by atoms with Crippen molar-refractivity contribution < 1.29 is 4.79 Å². The highest BCUT2D eigenvalue weighted by Crippen LogP contribution is 2.41. The Kier molecular flexibility index (Phi) is 1.80. The highest BCUT2D eigenvalue weighted by molar-refractivity contribution is 7.12. The second kappa shape index (κ2) is 2.70. The molecule has 1 heterocycles. The van der Waals surface area contributed by atoms with Gasteiger partial charge in [0.2, 0.25) is 0 Å². The highest BCUT2D eigenvalue weighted by atomic mass is 32.1. The van der Waals surface area contributed by atoms with Crippen LogP contribution in [0.4, 0.5) is 0 Å². The van der Waals surface area contributed by atoms with Crippen LogP contribution in [-0.4, -0.2) is 5.78 Å². The molecule has 1 aromatic rings. The molecule has 12 heavy (non-hydrogen) atoms. The Morgan fingerprint density at radius 3 is 2.67 bits per heavy atom. The Balaban J connectivity index is 2.17. The van der Waals surface area contributed by atoms with E-state index in [1.807, 2.05) is 18.3 Å². The number of hydrogen-bond donors (Lipinski definition) is 0. The second-order valence-corrected chi connectivity index (χ2v) is 4.83. The van der Waals surface area contributed by atoms with Crippen LogP contribution in [0, 0.1) is 12.8 Å². The summed E-state index contributed by atoms with van der Waals surface area (Å²) in [5.74, 6) is 1.21. The van der Waals surface area contributed by atoms with E-state index in [1.54, 1.807) is 0 Å². The molecule has 0 saturated heterocycles. The summed E-state index contributed by atoms with van der Waals surface area (Å²) in [6.07, 6.45) is 0.765. The fourth-order valence-electron chi connectivity index (χ4n) is 1.64. The quantitative estimate of drug-likeness (QED) is 0.649. The van der Waals surface area contributed by atoms with Gasteiger partial charge in [-0.25, -0.2) is 0 Å². The van der Waals surface area contributed by atoms with Crippen LogP contribution in [0.3, 0.4) is 0 Å². The molecule has 0 spiro atoms. The van der Waals surface area contributed by atoms with Crippen molar-refractivity contribution in [3.63, 3.8) is 0 Å². The summed E-state index contributed by atoms with van der Waals surface area (Å²) in [5.41, 5.74) is 0. The van der Waals surface area contributed by atoms with E-state index in [9.17, 15) is 4.79 Å². The molecule has 1 aliphatic rings. The van der Waals surface area contributed by atoms with Crippen molar-refractivity contribution >= 4 is 17.1 Å². The lowest BCUT2D eigenvalue weighted by atomic mass is 9.73. The lowest BCUT2D eigenvalue weighted by Gasteiger charge is -2.31. The van der Waals surface area contributed by atoms with Gasteiger partial charge in [0.15, 0.2) is 0 Å². The molecular weight excluding hydrogens is 168 g/mol. The highest BCUT2D eigenvalue weighted by Gasteiger charge is 2.37. The number of carbonyl (C=O) groups is 1. The van der Waals surface area contributed by atoms with Crippen LogP contribution in [0.2, 0.25) is 0 Å². The van der Waals surface area contributed by atoms with Crippen molar-refractivity contribution in [1.82, 2.24) is 0 Å². The molecule has 0 amide bonds.